The van der Waals surface area contributed by atoms with E-state index in [2.05, 4.69) is 11.4 Å². The lowest BCUT2D eigenvalue weighted by Crippen LogP contribution is -2.39. The minimum atomic E-state index is -0.537. The van der Waals surface area contributed by atoms with Crippen molar-refractivity contribution in [3.63, 3.8) is 0 Å². The van der Waals surface area contributed by atoms with Gasteiger partial charge in [0.05, 0.1) is 13.7 Å². The molecule has 0 spiro atoms. The molecule has 26 heavy (non-hydrogen) atoms. The second-order valence-electron chi connectivity index (χ2n) is 6.15. The number of methoxy groups -OCH3 is 1. The third-order valence-electron chi connectivity index (χ3n) is 3.87. The molecule has 1 amide bonds. The van der Waals surface area contributed by atoms with Crippen LogP contribution in [-0.4, -0.2) is 32.3 Å². The van der Waals surface area contributed by atoms with Crippen molar-refractivity contribution in [1.29, 1.82) is 0 Å². The van der Waals surface area contributed by atoms with Crippen LogP contribution in [0, 0.1) is 13.8 Å². The predicted molar refractivity (Wildman–Crippen MR) is 102 cm³/mol. The fourth-order valence-electron chi connectivity index (χ4n) is 2.61. The molecule has 1 N–H and O–H groups in total. The second kappa shape index (κ2) is 9.70. The first-order valence-corrected chi connectivity index (χ1v) is 8.81. The lowest BCUT2D eigenvalue weighted by atomic mass is 10.1. The van der Waals surface area contributed by atoms with Crippen LogP contribution in [0.15, 0.2) is 42.5 Å². The van der Waals surface area contributed by atoms with Gasteiger partial charge in [0.25, 0.3) is 5.91 Å². The van der Waals surface area contributed by atoms with E-state index in [1.807, 2.05) is 32.9 Å². The van der Waals surface area contributed by atoms with E-state index >= 15 is 0 Å². The van der Waals surface area contributed by atoms with E-state index in [1.165, 1.54) is 0 Å². The van der Waals surface area contributed by atoms with Crippen molar-refractivity contribution in [1.82, 2.24) is 5.32 Å². The third-order valence-corrected chi connectivity index (χ3v) is 3.87. The molecule has 2 aromatic carbocycles. The largest absolute Gasteiger partial charge is 0.497 e. The second-order valence-corrected chi connectivity index (χ2v) is 6.15. The highest BCUT2D eigenvalue weighted by atomic mass is 16.5. The Hall–Kier alpha value is -2.69. The van der Waals surface area contributed by atoms with Crippen LogP contribution in [0.3, 0.4) is 0 Å². The summed E-state index contributed by atoms with van der Waals surface area (Å²) in [5.41, 5.74) is 2.31. The molecule has 0 radical (unpaired) electrons. The molecule has 0 bridgehead atoms. The molecule has 5 nitrogen and oxygen atoms in total. The third kappa shape index (κ3) is 5.99. The molecule has 0 saturated heterocycles. The van der Waals surface area contributed by atoms with E-state index in [1.54, 1.807) is 31.4 Å². The molecule has 5 heteroatoms. The molecule has 0 heterocycles. The maximum Gasteiger partial charge on any atom is 0.261 e. The number of aryl methyl sites for hydroxylation is 2. The number of hydrogen-bond donors (Lipinski definition) is 1. The van der Waals surface area contributed by atoms with Gasteiger partial charge in [0.15, 0.2) is 6.10 Å². The van der Waals surface area contributed by atoms with Gasteiger partial charge in [-0.05, 0) is 67.8 Å². The van der Waals surface area contributed by atoms with Gasteiger partial charge in [-0.25, -0.2) is 0 Å². The van der Waals surface area contributed by atoms with Crippen LogP contribution in [-0.2, 0) is 4.79 Å². The first-order chi connectivity index (χ1) is 12.5. The highest BCUT2D eigenvalue weighted by Crippen LogP contribution is 2.19. The number of amides is 1. The number of benzene rings is 2. The summed E-state index contributed by atoms with van der Waals surface area (Å²) in [7, 11) is 1.61. The van der Waals surface area contributed by atoms with Gasteiger partial charge in [-0.1, -0.05) is 13.0 Å². The van der Waals surface area contributed by atoms with Gasteiger partial charge < -0.3 is 19.5 Å². The summed E-state index contributed by atoms with van der Waals surface area (Å²) in [5.74, 6) is 2.06. The highest BCUT2D eigenvalue weighted by Gasteiger charge is 2.17. The molecule has 2 rings (SSSR count). The van der Waals surface area contributed by atoms with Crippen LogP contribution in [0.5, 0.6) is 17.2 Å². The van der Waals surface area contributed by atoms with Crippen molar-refractivity contribution < 1.29 is 19.0 Å². The van der Waals surface area contributed by atoms with Crippen LogP contribution in [0.1, 0.15) is 24.5 Å². The minimum absolute atomic E-state index is 0.146. The molecule has 0 unspecified atom stereocenters. The first kappa shape index (κ1) is 19.6. The van der Waals surface area contributed by atoms with E-state index < -0.39 is 6.10 Å². The summed E-state index contributed by atoms with van der Waals surface area (Å²) in [6, 6.07) is 13.2. The Morgan fingerprint density at radius 3 is 2.19 bits per heavy atom. The first-order valence-electron chi connectivity index (χ1n) is 8.81. The van der Waals surface area contributed by atoms with Gasteiger partial charge in [-0.3, -0.25) is 4.79 Å². The van der Waals surface area contributed by atoms with Crippen molar-refractivity contribution in [2.24, 2.45) is 0 Å². The number of ether oxygens (including phenoxy) is 3. The zero-order valence-electron chi connectivity index (χ0n) is 15.9. The monoisotopic (exact) mass is 357 g/mol. The van der Waals surface area contributed by atoms with Crippen LogP contribution < -0.4 is 19.5 Å². The molecule has 0 aliphatic rings. The molecule has 2 aromatic rings. The zero-order valence-corrected chi connectivity index (χ0v) is 15.9. The van der Waals surface area contributed by atoms with E-state index in [4.69, 9.17) is 14.2 Å². The minimum Gasteiger partial charge on any atom is -0.497 e. The van der Waals surface area contributed by atoms with Gasteiger partial charge in [0, 0.05) is 0 Å². The average Bonchev–Trinajstić information content (AvgIpc) is 2.62. The highest BCUT2D eigenvalue weighted by molar-refractivity contribution is 5.81. The Labute approximate surface area is 155 Å². The molecule has 0 fully saturated rings. The van der Waals surface area contributed by atoms with Gasteiger partial charge in [-0.15, -0.1) is 0 Å². The molecule has 0 aliphatic carbocycles. The van der Waals surface area contributed by atoms with Crippen molar-refractivity contribution in [2.75, 3.05) is 20.3 Å². The summed E-state index contributed by atoms with van der Waals surface area (Å²) in [6.07, 6.45) is 0.0418. The van der Waals surface area contributed by atoms with Crippen molar-refractivity contribution >= 4 is 5.91 Å². The maximum absolute atomic E-state index is 12.3. The Kier molecular flexibility index (Phi) is 7.33. The molecule has 1 atom stereocenters. The fraction of sp³-hybridized carbons (Fsp3) is 0.381. The predicted octanol–water partition coefficient (Wildman–Crippen LogP) is 3.66. The Morgan fingerprint density at radius 2 is 1.62 bits per heavy atom. The van der Waals surface area contributed by atoms with Gasteiger partial charge in [-0.2, -0.15) is 0 Å². The molecule has 0 aliphatic heterocycles. The lowest BCUT2D eigenvalue weighted by Gasteiger charge is -2.17. The quantitative estimate of drug-likeness (QED) is 0.696. The molecule has 0 aromatic heterocycles. The topological polar surface area (TPSA) is 56.8 Å². The van der Waals surface area contributed by atoms with Crippen molar-refractivity contribution in [2.45, 2.75) is 33.3 Å². The summed E-state index contributed by atoms with van der Waals surface area (Å²) < 4.78 is 16.6. The Morgan fingerprint density at radius 1 is 1.00 bits per heavy atom. The van der Waals surface area contributed by atoms with Gasteiger partial charge in [0.2, 0.25) is 0 Å². The van der Waals surface area contributed by atoms with Crippen LogP contribution in [0.25, 0.3) is 0 Å². The van der Waals surface area contributed by atoms with Crippen LogP contribution >= 0.6 is 0 Å². The molecule has 0 saturated carbocycles. The molecular weight excluding hydrogens is 330 g/mol. The normalized spacial score (nSPS) is 11.5. The number of carbonyl (C=O) groups excluding carboxylic acids is 1. The number of hydrogen-bond acceptors (Lipinski definition) is 4. The van der Waals surface area contributed by atoms with Crippen molar-refractivity contribution in [3.8, 4) is 17.2 Å². The van der Waals surface area contributed by atoms with E-state index in [0.717, 1.165) is 22.6 Å². The van der Waals surface area contributed by atoms with E-state index in [0.29, 0.717) is 25.3 Å². The summed E-state index contributed by atoms with van der Waals surface area (Å²) in [5, 5.41) is 2.86. The van der Waals surface area contributed by atoms with Crippen LogP contribution in [0.2, 0.25) is 0 Å². The van der Waals surface area contributed by atoms with Crippen LogP contribution in [0.4, 0.5) is 0 Å². The van der Waals surface area contributed by atoms with Crippen molar-refractivity contribution in [3.05, 3.63) is 53.6 Å². The molecule has 140 valence electrons. The number of carbonyl (C=O) groups is 1. The van der Waals surface area contributed by atoms with E-state index in [9.17, 15) is 4.79 Å². The lowest BCUT2D eigenvalue weighted by molar-refractivity contribution is -0.128. The summed E-state index contributed by atoms with van der Waals surface area (Å²) >= 11 is 0. The summed E-state index contributed by atoms with van der Waals surface area (Å²) in [4.78, 5) is 12.3. The molecular formula is C21H27NO4. The fourth-order valence-corrected chi connectivity index (χ4v) is 2.61. The zero-order chi connectivity index (χ0) is 18.9. The van der Waals surface area contributed by atoms with Gasteiger partial charge >= 0.3 is 0 Å². The Bertz CT molecular complexity index is 692. The van der Waals surface area contributed by atoms with E-state index in [-0.39, 0.29) is 5.91 Å². The number of rotatable bonds is 9. The Balaban J connectivity index is 1.79. The SMILES string of the molecule is CC[C@@H](Oc1ccc(OC)cc1)C(=O)NCCOc1cc(C)cc(C)c1. The average molecular weight is 357 g/mol. The maximum atomic E-state index is 12.3. The summed E-state index contributed by atoms with van der Waals surface area (Å²) in [6.45, 7) is 6.82. The van der Waals surface area contributed by atoms with Gasteiger partial charge in [0.1, 0.15) is 23.9 Å². The number of nitrogens with one attached hydrogen (secondary N) is 1. The standard InChI is InChI=1S/C21H27NO4/c1-5-20(26-18-8-6-17(24-4)7-9-18)21(23)22-10-11-25-19-13-15(2)12-16(3)14-19/h6-9,12-14,20H,5,10-11H2,1-4H3,(H,22,23)/t20-/m1/s1. The smallest absolute Gasteiger partial charge is 0.261 e.